The van der Waals surface area contributed by atoms with Crippen molar-refractivity contribution in [2.45, 2.75) is 12.0 Å². The molecule has 3 heterocycles. The summed E-state index contributed by atoms with van der Waals surface area (Å²) in [6.45, 7) is 4.88. The molecule has 1 atom stereocenters. The standard InChI is InChI=1S/C14H20N2O3S/c17-13(12-1-8-20-9-12)16-3-2-14(18,11-16)10-15-4-6-19-7-5-15/h1,8-9,18H,2-7,10-11H2. The Labute approximate surface area is 122 Å². The number of amides is 1. The molecule has 2 fully saturated rings. The molecule has 2 aliphatic rings. The molecule has 0 spiro atoms. The van der Waals surface area contributed by atoms with Crippen LogP contribution in [0.3, 0.4) is 0 Å². The molecular weight excluding hydrogens is 276 g/mol. The molecule has 1 N–H and O–H groups in total. The van der Waals surface area contributed by atoms with E-state index in [4.69, 9.17) is 4.74 Å². The van der Waals surface area contributed by atoms with Gasteiger partial charge in [-0.15, -0.1) is 0 Å². The van der Waals surface area contributed by atoms with Crippen molar-refractivity contribution < 1.29 is 14.6 Å². The van der Waals surface area contributed by atoms with Crippen LogP contribution in [0.25, 0.3) is 0 Å². The number of carbonyl (C=O) groups excluding carboxylic acids is 1. The van der Waals surface area contributed by atoms with Gasteiger partial charge in [0.15, 0.2) is 0 Å². The van der Waals surface area contributed by atoms with Crippen molar-refractivity contribution in [3.8, 4) is 0 Å². The maximum atomic E-state index is 12.3. The van der Waals surface area contributed by atoms with Crippen LogP contribution in [-0.4, -0.2) is 72.4 Å². The number of aliphatic hydroxyl groups is 1. The summed E-state index contributed by atoms with van der Waals surface area (Å²) in [5.74, 6) is 0.0316. The quantitative estimate of drug-likeness (QED) is 0.890. The highest BCUT2D eigenvalue weighted by Crippen LogP contribution is 2.25. The topological polar surface area (TPSA) is 53.0 Å². The number of nitrogens with zero attached hydrogens (tertiary/aromatic N) is 2. The van der Waals surface area contributed by atoms with Gasteiger partial charge in [0, 0.05) is 31.6 Å². The maximum Gasteiger partial charge on any atom is 0.254 e. The van der Waals surface area contributed by atoms with E-state index in [0.717, 1.165) is 31.9 Å². The van der Waals surface area contributed by atoms with E-state index in [9.17, 15) is 9.90 Å². The molecule has 2 saturated heterocycles. The first kappa shape index (κ1) is 14.0. The van der Waals surface area contributed by atoms with E-state index < -0.39 is 5.60 Å². The van der Waals surface area contributed by atoms with Crippen molar-refractivity contribution in [2.75, 3.05) is 45.9 Å². The molecule has 110 valence electrons. The molecule has 0 aromatic carbocycles. The van der Waals surface area contributed by atoms with E-state index in [2.05, 4.69) is 4.90 Å². The van der Waals surface area contributed by atoms with Gasteiger partial charge in [-0.3, -0.25) is 9.69 Å². The minimum atomic E-state index is -0.775. The Kier molecular flexibility index (Phi) is 4.07. The first-order chi connectivity index (χ1) is 9.66. The minimum Gasteiger partial charge on any atom is -0.387 e. The van der Waals surface area contributed by atoms with E-state index in [1.807, 2.05) is 16.8 Å². The van der Waals surface area contributed by atoms with Gasteiger partial charge in [-0.25, -0.2) is 0 Å². The molecular formula is C14H20N2O3S. The van der Waals surface area contributed by atoms with E-state index in [-0.39, 0.29) is 5.91 Å². The van der Waals surface area contributed by atoms with Crippen LogP contribution in [-0.2, 0) is 4.74 Å². The predicted octanol–water partition coefficient (Wildman–Crippen LogP) is 0.657. The number of rotatable bonds is 3. The number of likely N-dealkylation sites (tertiary alicyclic amines) is 1. The Hall–Kier alpha value is -0.950. The first-order valence-electron chi connectivity index (χ1n) is 7.00. The SMILES string of the molecule is O=C(c1ccsc1)N1CCC(O)(CN2CCOCC2)C1. The number of ether oxygens (including phenoxy) is 1. The van der Waals surface area contributed by atoms with Crippen LogP contribution in [0.2, 0.25) is 0 Å². The van der Waals surface area contributed by atoms with Gasteiger partial charge in [0.1, 0.15) is 0 Å². The molecule has 1 aromatic rings. The Morgan fingerprint density at radius 3 is 2.90 bits per heavy atom. The lowest BCUT2D eigenvalue weighted by atomic mass is 10.0. The fourth-order valence-electron chi connectivity index (χ4n) is 2.90. The Morgan fingerprint density at radius 1 is 1.40 bits per heavy atom. The second-order valence-electron chi connectivity index (χ2n) is 5.60. The molecule has 0 aliphatic carbocycles. The highest BCUT2D eigenvalue weighted by molar-refractivity contribution is 7.08. The van der Waals surface area contributed by atoms with Gasteiger partial charge in [-0.1, -0.05) is 0 Å². The lowest BCUT2D eigenvalue weighted by molar-refractivity contribution is -0.0257. The minimum absolute atomic E-state index is 0.0316. The Bertz CT molecular complexity index is 459. The average Bonchev–Trinajstić information content (AvgIpc) is 3.09. The summed E-state index contributed by atoms with van der Waals surface area (Å²) in [7, 11) is 0. The van der Waals surface area contributed by atoms with Gasteiger partial charge in [0.2, 0.25) is 0 Å². The summed E-state index contributed by atoms with van der Waals surface area (Å²) in [5, 5.41) is 14.5. The number of hydrogen-bond acceptors (Lipinski definition) is 5. The van der Waals surface area contributed by atoms with Gasteiger partial charge >= 0.3 is 0 Å². The highest BCUT2D eigenvalue weighted by Gasteiger charge is 2.39. The van der Waals surface area contributed by atoms with Crippen molar-refractivity contribution in [1.82, 2.24) is 9.80 Å². The van der Waals surface area contributed by atoms with Crippen LogP contribution in [0.4, 0.5) is 0 Å². The molecule has 3 rings (SSSR count). The van der Waals surface area contributed by atoms with Gasteiger partial charge in [-0.2, -0.15) is 11.3 Å². The summed E-state index contributed by atoms with van der Waals surface area (Å²) in [5.41, 5.74) is -0.0474. The van der Waals surface area contributed by atoms with Gasteiger partial charge in [0.25, 0.3) is 5.91 Å². The van der Waals surface area contributed by atoms with Crippen LogP contribution in [0, 0.1) is 0 Å². The lowest BCUT2D eigenvalue weighted by Gasteiger charge is -2.33. The summed E-state index contributed by atoms with van der Waals surface area (Å²) in [4.78, 5) is 16.3. The Morgan fingerprint density at radius 2 is 2.20 bits per heavy atom. The largest absolute Gasteiger partial charge is 0.387 e. The molecule has 0 saturated carbocycles. The van der Waals surface area contributed by atoms with Crippen LogP contribution >= 0.6 is 11.3 Å². The van der Waals surface area contributed by atoms with Crippen LogP contribution in [0.5, 0.6) is 0 Å². The zero-order valence-corrected chi connectivity index (χ0v) is 12.3. The van der Waals surface area contributed by atoms with Gasteiger partial charge in [-0.05, 0) is 17.9 Å². The summed E-state index contributed by atoms with van der Waals surface area (Å²) in [6.07, 6.45) is 0.653. The third kappa shape index (κ3) is 3.03. The molecule has 1 unspecified atom stereocenters. The maximum absolute atomic E-state index is 12.3. The van der Waals surface area contributed by atoms with Crippen molar-refractivity contribution in [1.29, 1.82) is 0 Å². The number of morpholine rings is 1. The molecule has 1 amide bonds. The fraction of sp³-hybridized carbons (Fsp3) is 0.643. The number of hydrogen-bond donors (Lipinski definition) is 1. The number of β-amino-alcohol motifs (C(OH)–C–C–N with tert-alkyl or cyclic N) is 1. The van der Waals surface area contributed by atoms with E-state index in [0.29, 0.717) is 26.1 Å². The zero-order valence-electron chi connectivity index (χ0n) is 11.5. The second-order valence-corrected chi connectivity index (χ2v) is 6.38. The van der Waals surface area contributed by atoms with E-state index >= 15 is 0 Å². The molecule has 5 nitrogen and oxygen atoms in total. The summed E-state index contributed by atoms with van der Waals surface area (Å²) >= 11 is 1.52. The third-order valence-corrected chi connectivity index (χ3v) is 4.69. The van der Waals surface area contributed by atoms with Gasteiger partial charge < -0.3 is 14.7 Å². The highest BCUT2D eigenvalue weighted by atomic mass is 32.1. The average molecular weight is 296 g/mol. The fourth-order valence-corrected chi connectivity index (χ4v) is 3.53. The molecule has 0 radical (unpaired) electrons. The second kappa shape index (κ2) is 5.81. The van der Waals surface area contributed by atoms with Crippen molar-refractivity contribution >= 4 is 17.2 Å². The molecule has 1 aromatic heterocycles. The number of thiophene rings is 1. The summed E-state index contributed by atoms with van der Waals surface area (Å²) in [6, 6.07) is 1.84. The molecule has 2 aliphatic heterocycles. The third-order valence-electron chi connectivity index (χ3n) is 4.01. The van der Waals surface area contributed by atoms with Gasteiger partial charge in [0.05, 0.1) is 30.9 Å². The van der Waals surface area contributed by atoms with Crippen molar-refractivity contribution in [3.63, 3.8) is 0 Å². The monoisotopic (exact) mass is 296 g/mol. The normalized spacial score (nSPS) is 27.9. The van der Waals surface area contributed by atoms with Crippen LogP contribution in [0.1, 0.15) is 16.8 Å². The molecule has 0 bridgehead atoms. The molecule has 6 heteroatoms. The zero-order chi connectivity index (χ0) is 14.0. The summed E-state index contributed by atoms with van der Waals surface area (Å²) < 4.78 is 5.32. The van der Waals surface area contributed by atoms with Crippen molar-refractivity contribution in [3.05, 3.63) is 22.4 Å². The van der Waals surface area contributed by atoms with Crippen molar-refractivity contribution in [2.24, 2.45) is 0 Å². The van der Waals surface area contributed by atoms with Crippen LogP contribution < -0.4 is 0 Å². The molecule has 20 heavy (non-hydrogen) atoms. The van der Waals surface area contributed by atoms with Crippen LogP contribution in [0.15, 0.2) is 16.8 Å². The lowest BCUT2D eigenvalue weighted by Crippen LogP contribution is -2.49. The smallest absolute Gasteiger partial charge is 0.254 e. The predicted molar refractivity (Wildman–Crippen MR) is 77.0 cm³/mol. The van der Waals surface area contributed by atoms with E-state index in [1.165, 1.54) is 11.3 Å². The number of carbonyl (C=O) groups is 1. The van der Waals surface area contributed by atoms with E-state index in [1.54, 1.807) is 4.90 Å². The first-order valence-corrected chi connectivity index (χ1v) is 7.95. The Balaban J connectivity index is 1.59.